The van der Waals surface area contributed by atoms with Crippen LogP contribution in [0.4, 0.5) is 23.7 Å². The normalized spacial score (nSPS) is 15.1. The van der Waals surface area contributed by atoms with Crippen LogP contribution in [0.5, 0.6) is 11.5 Å². The minimum Gasteiger partial charge on any atom is -0.497 e. The van der Waals surface area contributed by atoms with Crippen LogP contribution in [0.3, 0.4) is 0 Å². The maximum atomic E-state index is 12.9. The number of aromatic nitrogens is 3. The van der Waals surface area contributed by atoms with E-state index >= 15 is 0 Å². The molecule has 5 rings (SSSR count). The fourth-order valence-corrected chi connectivity index (χ4v) is 6.17. The van der Waals surface area contributed by atoms with Gasteiger partial charge in [-0.25, -0.2) is 14.5 Å². The van der Waals surface area contributed by atoms with Crippen LogP contribution in [-0.2, 0) is 0 Å². The Morgan fingerprint density at radius 1 is 1.04 bits per heavy atom. The number of benzene rings is 3. The van der Waals surface area contributed by atoms with Crippen molar-refractivity contribution in [3.8, 4) is 28.6 Å². The van der Waals surface area contributed by atoms with Crippen LogP contribution in [0.1, 0.15) is 56.6 Å². The number of urea groups is 1. The number of amides is 2. The highest BCUT2D eigenvalue weighted by molar-refractivity contribution is 8.14. The summed E-state index contributed by atoms with van der Waals surface area (Å²) in [6, 6.07) is 19.0. The quantitative estimate of drug-likeness (QED) is 0.183. The second-order valence-electron chi connectivity index (χ2n) is 11.4. The Morgan fingerprint density at radius 3 is 2.45 bits per heavy atom. The molecule has 47 heavy (non-hydrogen) atoms. The van der Waals surface area contributed by atoms with Gasteiger partial charge < -0.3 is 19.7 Å². The largest absolute Gasteiger partial charge is 0.573 e. The lowest BCUT2D eigenvalue weighted by atomic mass is 9.96. The fourth-order valence-electron chi connectivity index (χ4n) is 5.22. The lowest BCUT2D eigenvalue weighted by Crippen LogP contribution is -2.36. The van der Waals surface area contributed by atoms with E-state index in [1.165, 1.54) is 40.8 Å². The lowest BCUT2D eigenvalue weighted by molar-refractivity contribution is -0.274. The Labute approximate surface area is 276 Å². The number of amidine groups is 1. The molecule has 13 heteroatoms. The molecule has 1 fully saturated rings. The Balaban J connectivity index is 1.16. The smallest absolute Gasteiger partial charge is 0.497 e. The zero-order valence-electron chi connectivity index (χ0n) is 26.6. The predicted octanol–water partition coefficient (Wildman–Crippen LogP) is 8.17. The highest BCUT2D eigenvalue weighted by Gasteiger charge is 2.31. The molecule has 9 nitrogen and oxygen atoms in total. The number of hydrogen-bond donors (Lipinski definition) is 1. The molecular weight excluding hydrogens is 629 g/mol. The molecule has 1 unspecified atom stereocenters. The van der Waals surface area contributed by atoms with E-state index in [0.717, 1.165) is 47.7 Å². The number of halogens is 3. The number of ether oxygens (including phenoxy) is 2. The molecule has 1 atom stereocenters. The van der Waals surface area contributed by atoms with E-state index < -0.39 is 6.36 Å². The van der Waals surface area contributed by atoms with Crippen molar-refractivity contribution in [2.75, 3.05) is 30.9 Å². The molecule has 1 aliphatic heterocycles. The van der Waals surface area contributed by atoms with Crippen molar-refractivity contribution in [1.29, 1.82) is 0 Å². The molecule has 1 aliphatic rings. The number of carbonyl (C=O) groups is 1. The van der Waals surface area contributed by atoms with E-state index in [9.17, 15) is 18.0 Å². The van der Waals surface area contributed by atoms with Crippen LogP contribution < -0.4 is 19.7 Å². The maximum absolute atomic E-state index is 12.9. The molecule has 2 heterocycles. The summed E-state index contributed by atoms with van der Waals surface area (Å²) in [5.41, 5.74) is 4.64. The lowest BCUT2D eigenvalue weighted by Gasteiger charge is -2.32. The third-order valence-corrected chi connectivity index (χ3v) is 8.82. The van der Waals surface area contributed by atoms with Crippen LogP contribution in [0, 0.1) is 0 Å². The van der Waals surface area contributed by atoms with Crippen molar-refractivity contribution in [3.05, 3.63) is 84.2 Å². The molecule has 3 aromatic carbocycles. The number of anilines is 1. The van der Waals surface area contributed by atoms with Gasteiger partial charge in [0.25, 0.3) is 0 Å². The van der Waals surface area contributed by atoms with Gasteiger partial charge in [0.2, 0.25) is 0 Å². The first-order valence-corrected chi connectivity index (χ1v) is 16.3. The Bertz CT molecular complexity index is 1690. The highest BCUT2D eigenvalue weighted by atomic mass is 32.2. The van der Waals surface area contributed by atoms with Gasteiger partial charge in [-0.05, 0) is 66.1 Å². The predicted molar refractivity (Wildman–Crippen MR) is 179 cm³/mol. The molecule has 1 aromatic heterocycles. The third kappa shape index (κ3) is 8.85. The maximum Gasteiger partial charge on any atom is 0.573 e. The summed E-state index contributed by atoms with van der Waals surface area (Å²) in [7, 11) is 1.65. The fraction of sp³-hybridized carbons (Fsp3) is 0.353. The molecule has 0 bridgehead atoms. The van der Waals surface area contributed by atoms with Crippen LogP contribution in [-0.4, -0.2) is 58.3 Å². The van der Waals surface area contributed by atoms with Gasteiger partial charge >= 0.3 is 12.4 Å². The van der Waals surface area contributed by atoms with Gasteiger partial charge in [-0.3, -0.25) is 0 Å². The van der Waals surface area contributed by atoms with E-state index in [-0.39, 0.29) is 17.7 Å². The van der Waals surface area contributed by atoms with Gasteiger partial charge in [-0.15, -0.1) is 18.3 Å². The topological polar surface area (TPSA) is 93.9 Å². The summed E-state index contributed by atoms with van der Waals surface area (Å²) in [5, 5.41) is 8.11. The van der Waals surface area contributed by atoms with Crippen molar-refractivity contribution < 1.29 is 27.4 Å². The van der Waals surface area contributed by atoms with Crippen LogP contribution in [0.15, 0.2) is 78.0 Å². The van der Waals surface area contributed by atoms with Gasteiger partial charge in [0.05, 0.1) is 12.8 Å². The number of hydrogen-bond acceptors (Lipinski definition) is 6. The minimum absolute atomic E-state index is 0.172. The molecule has 0 radical (unpaired) electrons. The number of nitrogens with one attached hydrogen (secondary N) is 1. The summed E-state index contributed by atoms with van der Waals surface area (Å²) in [6.07, 6.45) is -1.53. The number of alkyl halides is 3. The Hall–Kier alpha value is -4.52. The number of methoxy groups -OCH3 is 1. The van der Waals surface area contributed by atoms with Gasteiger partial charge in [0, 0.05) is 36.2 Å². The summed E-state index contributed by atoms with van der Waals surface area (Å²) < 4.78 is 48.2. The van der Waals surface area contributed by atoms with Crippen LogP contribution in [0.25, 0.3) is 17.1 Å². The minimum atomic E-state index is -4.75. The molecule has 248 valence electrons. The van der Waals surface area contributed by atoms with Gasteiger partial charge in [0.15, 0.2) is 11.0 Å². The number of rotatable bonds is 10. The van der Waals surface area contributed by atoms with Crippen LogP contribution in [0.2, 0.25) is 0 Å². The summed E-state index contributed by atoms with van der Waals surface area (Å²) in [4.78, 5) is 23.8. The molecule has 0 spiro atoms. The van der Waals surface area contributed by atoms with Crippen molar-refractivity contribution in [2.24, 2.45) is 4.99 Å². The van der Waals surface area contributed by atoms with E-state index in [1.807, 2.05) is 36.4 Å². The second kappa shape index (κ2) is 14.9. The number of nitrogens with zero attached hydrogens (tertiary/aromatic N) is 5. The van der Waals surface area contributed by atoms with E-state index in [1.54, 1.807) is 18.9 Å². The van der Waals surface area contributed by atoms with Crippen molar-refractivity contribution in [2.45, 2.75) is 51.8 Å². The van der Waals surface area contributed by atoms with Crippen molar-refractivity contribution in [3.63, 3.8) is 0 Å². The van der Waals surface area contributed by atoms with Crippen LogP contribution >= 0.6 is 11.8 Å². The molecule has 0 aliphatic carbocycles. The second-order valence-corrected chi connectivity index (χ2v) is 12.5. The monoisotopic (exact) mass is 666 g/mol. The molecule has 1 N–H and O–H groups in total. The first kappa shape index (κ1) is 33.8. The number of thioether (sulfide) groups is 1. The third-order valence-electron chi connectivity index (χ3n) is 7.75. The van der Waals surface area contributed by atoms with Gasteiger partial charge in [-0.2, -0.15) is 4.99 Å². The number of aliphatic imine (C=N–C) groups is 1. The summed E-state index contributed by atoms with van der Waals surface area (Å²) in [5.74, 6) is 2.32. The van der Waals surface area contributed by atoms with Gasteiger partial charge in [-0.1, -0.05) is 62.9 Å². The average Bonchev–Trinajstić information content (AvgIpc) is 3.55. The first-order valence-electron chi connectivity index (χ1n) is 15.3. The summed E-state index contributed by atoms with van der Waals surface area (Å²) in [6.45, 7) is 7.65. The molecule has 2 amide bonds. The van der Waals surface area contributed by atoms with E-state index in [2.05, 4.69) is 56.9 Å². The average molecular weight is 667 g/mol. The first-order chi connectivity index (χ1) is 22.5. The molecule has 0 saturated carbocycles. The zero-order valence-corrected chi connectivity index (χ0v) is 27.4. The highest BCUT2D eigenvalue weighted by Crippen LogP contribution is 2.35. The zero-order chi connectivity index (χ0) is 33.6. The van der Waals surface area contributed by atoms with E-state index in [4.69, 9.17) is 4.74 Å². The van der Waals surface area contributed by atoms with Crippen molar-refractivity contribution in [1.82, 2.24) is 20.1 Å². The van der Waals surface area contributed by atoms with Gasteiger partial charge in [0.1, 0.15) is 17.8 Å². The number of carbonyl (C=O) groups excluding carboxylic acids is 1. The SMILES string of the molecule is COc1ccc(C(C)C)c(N2CCCSC2=NC(=O)NCCC(C)c2ccc(-c3ncn(-c4ccc(OC(F)(F)F)cc4)n3)cc2)c1. The van der Waals surface area contributed by atoms with E-state index in [0.29, 0.717) is 29.1 Å². The van der Waals surface area contributed by atoms with Crippen molar-refractivity contribution >= 4 is 28.6 Å². The molecule has 1 saturated heterocycles. The molecule has 4 aromatic rings. The summed E-state index contributed by atoms with van der Waals surface area (Å²) >= 11 is 1.59. The Kier molecular flexibility index (Phi) is 10.7. The standard InChI is InChI=1S/C34H37F3N6O3S/c1-22(2)29-15-14-28(45-4)20-30(29)42-18-5-19-47-33(42)40-32(44)38-17-16-23(3)24-6-8-25(9-7-24)31-39-21-43(41-31)26-10-12-27(13-11-26)46-34(35,36)37/h6-15,20-23H,5,16-19H2,1-4H3,(H,38,44). The molecular formula is C34H37F3N6O3S. The Morgan fingerprint density at radius 2 is 1.77 bits per heavy atom.